The van der Waals surface area contributed by atoms with Gasteiger partial charge >= 0.3 is 42.8 Å². The van der Waals surface area contributed by atoms with Gasteiger partial charge < -0.3 is 71.8 Å². The zero-order chi connectivity index (χ0) is 86.7. The lowest BCUT2D eigenvalue weighted by Crippen LogP contribution is -2.52. The van der Waals surface area contributed by atoms with Gasteiger partial charge in [-0.15, -0.1) is 0 Å². The Bertz CT molecular complexity index is 2160. The normalized spacial score (nSPS) is 14.6. The number of hydrogen-bond donors (Lipinski definition) is 6. The highest BCUT2D eigenvalue weighted by Gasteiger charge is 2.46. The summed E-state index contributed by atoms with van der Waals surface area (Å²) in [6.07, 6.45) is 22.7. The predicted molar refractivity (Wildman–Crippen MR) is 520 cm³/mol. The molecule has 0 amide bonds. The van der Waals surface area contributed by atoms with Gasteiger partial charge in [0.05, 0.1) is 47.7 Å². The molecule has 0 aliphatic heterocycles. The molecule has 16 nitrogen and oxygen atoms in total. The molecule has 0 spiro atoms. The van der Waals surface area contributed by atoms with Gasteiger partial charge in [0.1, 0.15) is 0 Å². The third-order valence-corrected chi connectivity index (χ3v) is 74.1. The molecule has 6 N–H and O–H groups in total. The Morgan fingerprint density at radius 3 is 0.445 bits per heavy atom. The van der Waals surface area contributed by atoms with Gasteiger partial charge in [-0.2, -0.15) is 0 Å². The summed E-state index contributed by atoms with van der Waals surface area (Å²) in [5.41, 5.74) is -1.09. The highest BCUT2D eigenvalue weighted by Crippen LogP contribution is 2.40. The number of aliphatic hydroxyl groups is 6. The standard InChI is InChI=1S/C29H72O6Si6.C27H68O6Si6.C22H54O4Si4/c1-36(2,3)32-40(13,33-37(4,5)6)25-21-17-15-19-23-29(27-30,28-31)24-20-16-18-22-26-41(14,34-38(7,8)9)35-39(10,11)12;1-34(2,3)30-38(13,31-35(4,5)6)23-19-15-17-21-27(25-28,26-29)22-18-16-20-24-39(14,32-36(7,8)9)33-37(10,11)12;1-11-30(12-2,13-3)19-15-17-22(20-23,21-24)16-14-18-29(10,25-27(4,5)6)26-28(7,8)9/h30-31H,15-28H2,1-14H3;28-29H,15-26H2,1-14H3;23-24H,11-21H2,1-10H3. The van der Waals surface area contributed by atoms with E-state index >= 15 is 0 Å². The molecule has 666 valence electrons. The van der Waals surface area contributed by atoms with E-state index in [4.69, 9.17) is 41.2 Å². The molecule has 0 bridgehead atoms. The van der Waals surface area contributed by atoms with E-state index in [0.29, 0.717) is 0 Å². The van der Waals surface area contributed by atoms with Crippen LogP contribution in [0.3, 0.4) is 0 Å². The minimum Gasteiger partial charge on any atom is -0.437 e. The smallest absolute Gasteiger partial charge is 0.314 e. The average molecular weight is 1840 g/mol. The molecule has 0 radical (unpaired) electrons. The Morgan fingerprint density at radius 1 is 0.173 bits per heavy atom. The summed E-state index contributed by atoms with van der Waals surface area (Å²) in [5, 5.41) is 61.3. The van der Waals surface area contributed by atoms with Gasteiger partial charge in [-0.1, -0.05) is 148 Å². The van der Waals surface area contributed by atoms with Crippen LogP contribution in [0.5, 0.6) is 0 Å². The second-order valence-electron chi connectivity index (χ2n) is 44.5. The zero-order valence-corrected chi connectivity index (χ0v) is 96.4. The molecule has 0 aliphatic carbocycles. The fourth-order valence-electron chi connectivity index (χ4n) is 16.3. The van der Waals surface area contributed by atoms with Crippen LogP contribution in [0.15, 0.2) is 0 Å². The number of hydrogen-bond acceptors (Lipinski definition) is 16. The SMILES string of the molecule is CC[Si](CC)(CC)CCCC(CO)(CO)CCC[Si](C)(O[Si](C)(C)C)O[Si](C)(C)C.C[Si](C)(C)O[Si](C)(CCCCCC(CO)(CO)CCCCC[Si](C)(O[Si](C)(C)C)O[Si](C)(C)C)O[Si](C)(C)C.C[Si](C)(C)O[Si](C)(CCCCCCC(CO)(CO)CCCCCC[Si](C)(O[Si](C)(C)C)O[Si](C)(C)C)O[Si](C)(C)C. The Hall–Kier alpha value is 2.83. The van der Waals surface area contributed by atoms with Crippen LogP contribution in [0.1, 0.15) is 162 Å². The molecule has 0 saturated carbocycles. The molecular formula is C78H194O16Si16. The lowest BCUT2D eigenvalue weighted by Gasteiger charge is -2.39. The van der Waals surface area contributed by atoms with Crippen molar-refractivity contribution in [2.24, 2.45) is 16.2 Å². The van der Waals surface area contributed by atoms with Crippen LogP contribution in [0.25, 0.3) is 0 Å². The van der Waals surface area contributed by atoms with Gasteiger partial charge in [-0.3, -0.25) is 0 Å². The summed E-state index contributed by atoms with van der Waals surface area (Å²) in [4.78, 5) is 0. The lowest BCUT2D eigenvalue weighted by atomic mass is 9.79. The molecule has 0 rings (SSSR count). The molecular weight excluding hydrogens is 1640 g/mol. The van der Waals surface area contributed by atoms with E-state index in [9.17, 15) is 30.6 Å². The van der Waals surface area contributed by atoms with Crippen molar-refractivity contribution in [1.82, 2.24) is 0 Å². The Kier molecular flexibility index (Phi) is 54.4. The number of rotatable bonds is 63. The third-order valence-electron chi connectivity index (χ3n) is 20.1. The lowest BCUT2D eigenvalue weighted by molar-refractivity contribution is 0.0353. The van der Waals surface area contributed by atoms with Crippen molar-refractivity contribution >= 4 is 134 Å². The van der Waals surface area contributed by atoms with Gasteiger partial charge in [0.15, 0.2) is 83.2 Å². The summed E-state index contributed by atoms with van der Waals surface area (Å²) >= 11 is 0. The van der Waals surface area contributed by atoms with Gasteiger partial charge in [-0.05, 0) is 298 Å². The maximum Gasteiger partial charge on any atom is 0.314 e. The fraction of sp³-hybridized carbons (Fsp3) is 1.00. The maximum absolute atomic E-state index is 10.3. The van der Waals surface area contributed by atoms with Gasteiger partial charge in [0.2, 0.25) is 0 Å². The van der Waals surface area contributed by atoms with Crippen LogP contribution in [-0.2, 0) is 41.2 Å². The molecule has 32 heteroatoms. The van der Waals surface area contributed by atoms with Crippen molar-refractivity contribution in [1.29, 1.82) is 0 Å². The van der Waals surface area contributed by atoms with Crippen LogP contribution in [-0.4, -0.2) is 204 Å². The number of aliphatic hydroxyl groups excluding tert-OH is 6. The molecule has 0 atom stereocenters. The molecule has 0 unspecified atom stereocenters. The number of unbranched alkanes of at least 4 members (excludes halogenated alkanes) is 10. The van der Waals surface area contributed by atoms with Gasteiger partial charge in [-0.25, -0.2) is 0 Å². The van der Waals surface area contributed by atoms with Crippen molar-refractivity contribution in [3.63, 3.8) is 0 Å². The van der Waals surface area contributed by atoms with E-state index in [1.807, 2.05) is 0 Å². The first-order valence-electron chi connectivity index (χ1n) is 44.0. The molecule has 0 saturated heterocycles. The second kappa shape index (κ2) is 51.2. The van der Waals surface area contributed by atoms with Gasteiger partial charge in [0.25, 0.3) is 0 Å². The fourth-order valence-corrected chi connectivity index (χ4v) is 82.8. The first-order chi connectivity index (χ1) is 49.4. The van der Waals surface area contributed by atoms with E-state index in [1.165, 1.54) is 24.2 Å². The Morgan fingerprint density at radius 2 is 0.300 bits per heavy atom. The first-order valence-corrected chi connectivity index (χ1v) is 93.6. The summed E-state index contributed by atoms with van der Waals surface area (Å²) in [6, 6.07) is 10.5. The van der Waals surface area contributed by atoms with Crippen molar-refractivity contribution < 1.29 is 71.8 Å². The van der Waals surface area contributed by atoms with Gasteiger partial charge in [0, 0.05) is 16.2 Å². The molecule has 0 aromatic rings. The quantitative estimate of drug-likeness (QED) is 0.0247. The summed E-state index contributed by atoms with van der Waals surface area (Å²) in [6.45, 7) is 86.4. The van der Waals surface area contributed by atoms with Crippen molar-refractivity contribution in [3.05, 3.63) is 0 Å². The van der Waals surface area contributed by atoms with Crippen molar-refractivity contribution in [2.75, 3.05) is 39.6 Å². The molecule has 0 aromatic carbocycles. The summed E-state index contributed by atoms with van der Waals surface area (Å²) in [7, 11) is -28.8. The molecule has 110 heavy (non-hydrogen) atoms. The summed E-state index contributed by atoms with van der Waals surface area (Å²) in [5.74, 6) is 0. The molecule has 0 fully saturated rings. The van der Waals surface area contributed by atoms with Crippen LogP contribution in [0.4, 0.5) is 0 Å². The topological polar surface area (TPSA) is 214 Å². The van der Waals surface area contributed by atoms with Crippen LogP contribution < -0.4 is 0 Å². The van der Waals surface area contributed by atoms with Crippen LogP contribution in [0, 0.1) is 16.2 Å². The van der Waals surface area contributed by atoms with E-state index in [1.54, 1.807) is 0 Å². The van der Waals surface area contributed by atoms with Crippen LogP contribution in [0.2, 0.25) is 284 Å². The minimum atomic E-state index is -2.26. The van der Waals surface area contributed by atoms with E-state index in [-0.39, 0.29) is 55.9 Å². The first kappa shape index (κ1) is 117. The van der Waals surface area contributed by atoms with E-state index < -0.39 is 134 Å². The molecule has 0 heterocycles. The Balaban J connectivity index is -0.00000158. The largest absolute Gasteiger partial charge is 0.437 e. The van der Waals surface area contributed by atoms with E-state index in [0.717, 1.165) is 171 Å². The third kappa shape index (κ3) is 61.2. The minimum absolute atomic E-state index is 0.0529. The average Bonchev–Trinajstić information content (AvgIpc) is 0.853. The van der Waals surface area contributed by atoms with E-state index in [2.05, 4.69) is 250 Å². The van der Waals surface area contributed by atoms with Crippen molar-refractivity contribution in [3.8, 4) is 0 Å². The highest BCUT2D eigenvalue weighted by molar-refractivity contribution is 6.91. The van der Waals surface area contributed by atoms with Crippen LogP contribution >= 0.6 is 0 Å². The maximum atomic E-state index is 10.3. The predicted octanol–water partition coefficient (Wildman–Crippen LogP) is 24.8. The summed E-state index contributed by atoms with van der Waals surface area (Å²) < 4.78 is 66.4. The Labute approximate surface area is 701 Å². The second-order valence-corrected chi connectivity index (χ2v) is 114. The monoisotopic (exact) mass is 1840 g/mol. The molecule has 0 aromatic heterocycles. The highest BCUT2D eigenvalue weighted by atomic mass is 28.5. The molecule has 0 aliphatic rings. The van der Waals surface area contributed by atoms with Crippen molar-refractivity contribution in [2.45, 2.75) is 446 Å². The zero-order valence-electron chi connectivity index (χ0n) is 80.4.